The number of hydrogen-bond acceptors (Lipinski definition) is 6. The van der Waals surface area contributed by atoms with Crippen LogP contribution < -0.4 is 10.5 Å². The first-order chi connectivity index (χ1) is 13.8. The van der Waals surface area contributed by atoms with Gasteiger partial charge in [-0.25, -0.2) is 4.98 Å². The molecule has 152 valence electrons. The fourth-order valence-corrected chi connectivity index (χ4v) is 3.63. The smallest absolute Gasteiger partial charge is 0.224 e. The van der Waals surface area contributed by atoms with Crippen LogP contribution in [-0.2, 0) is 18.4 Å². The first-order valence-corrected chi connectivity index (χ1v) is 10.8. The number of anilines is 1. The van der Waals surface area contributed by atoms with Crippen LogP contribution in [0.4, 0.5) is 5.95 Å². The Kier molecular flexibility index (Phi) is 6.98. The van der Waals surface area contributed by atoms with E-state index < -0.39 is 0 Å². The number of nitrogens with zero attached hydrogens (tertiary/aromatic N) is 3. The zero-order chi connectivity index (χ0) is 20.9. The van der Waals surface area contributed by atoms with Crippen molar-refractivity contribution in [3.63, 3.8) is 0 Å². The Bertz CT molecular complexity index is 941. The molecule has 1 heterocycles. The summed E-state index contributed by atoms with van der Waals surface area (Å²) in [6, 6.07) is 15.9. The van der Waals surface area contributed by atoms with Crippen LogP contribution >= 0.6 is 23.4 Å². The predicted molar refractivity (Wildman–Crippen MR) is 120 cm³/mol. The molecule has 0 radical (unpaired) electrons. The van der Waals surface area contributed by atoms with Gasteiger partial charge in [-0.05, 0) is 47.2 Å². The van der Waals surface area contributed by atoms with Gasteiger partial charge >= 0.3 is 0 Å². The molecule has 0 saturated heterocycles. The van der Waals surface area contributed by atoms with Crippen LogP contribution in [0.3, 0.4) is 0 Å². The number of ether oxygens (including phenoxy) is 1. The lowest BCUT2D eigenvalue weighted by Gasteiger charge is -2.19. The molecule has 0 spiro atoms. The van der Waals surface area contributed by atoms with E-state index in [0.29, 0.717) is 11.0 Å². The summed E-state index contributed by atoms with van der Waals surface area (Å²) in [5, 5.41) is 1.34. The molecule has 0 aliphatic rings. The standard InChI is InChI=1S/C22H25ClN4OS/c1-22(2,3)16-6-10-18(11-7-16)28-14-19-25-20(24)27-21(26-19)29-13-12-15-4-8-17(23)9-5-15/h4-11H,12-14H2,1-3H3,(H2,24,25,26,27). The number of halogens is 1. The molecule has 0 aliphatic heterocycles. The van der Waals surface area contributed by atoms with Gasteiger partial charge in [0.15, 0.2) is 11.0 Å². The van der Waals surface area contributed by atoms with E-state index in [2.05, 4.69) is 47.9 Å². The lowest BCUT2D eigenvalue weighted by molar-refractivity contribution is 0.294. The van der Waals surface area contributed by atoms with Crippen molar-refractivity contribution in [2.24, 2.45) is 0 Å². The molecule has 3 aromatic rings. The van der Waals surface area contributed by atoms with Gasteiger partial charge in [-0.3, -0.25) is 0 Å². The van der Waals surface area contributed by atoms with Crippen molar-refractivity contribution in [1.82, 2.24) is 15.0 Å². The Morgan fingerprint density at radius 1 is 0.966 bits per heavy atom. The number of hydrogen-bond donors (Lipinski definition) is 1. The summed E-state index contributed by atoms with van der Waals surface area (Å²) in [6.45, 7) is 6.79. The first kappa shape index (κ1) is 21.4. The molecule has 2 aromatic carbocycles. The minimum Gasteiger partial charge on any atom is -0.486 e. The minimum absolute atomic E-state index is 0.110. The van der Waals surface area contributed by atoms with Gasteiger partial charge in [0.1, 0.15) is 12.4 Å². The Labute approximate surface area is 181 Å². The largest absolute Gasteiger partial charge is 0.486 e. The Morgan fingerprint density at radius 2 is 1.66 bits per heavy atom. The molecule has 0 saturated carbocycles. The average Bonchev–Trinajstić information content (AvgIpc) is 2.67. The summed E-state index contributed by atoms with van der Waals surface area (Å²) >= 11 is 7.46. The van der Waals surface area contributed by atoms with Crippen LogP contribution in [0.25, 0.3) is 0 Å². The molecule has 0 bridgehead atoms. The second-order valence-corrected chi connectivity index (χ2v) is 9.18. The Morgan fingerprint density at radius 3 is 2.31 bits per heavy atom. The van der Waals surface area contributed by atoms with Gasteiger partial charge in [-0.1, -0.05) is 68.4 Å². The van der Waals surface area contributed by atoms with E-state index in [1.54, 1.807) is 11.8 Å². The number of thioether (sulfide) groups is 1. The third-order valence-electron chi connectivity index (χ3n) is 4.30. The first-order valence-electron chi connectivity index (χ1n) is 9.40. The minimum atomic E-state index is 0.110. The van der Waals surface area contributed by atoms with Gasteiger partial charge < -0.3 is 10.5 Å². The highest BCUT2D eigenvalue weighted by Crippen LogP contribution is 2.24. The van der Waals surface area contributed by atoms with E-state index in [0.717, 1.165) is 22.9 Å². The van der Waals surface area contributed by atoms with Crippen LogP contribution in [0.2, 0.25) is 5.02 Å². The second-order valence-electron chi connectivity index (χ2n) is 7.68. The molecular weight excluding hydrogens is 404 g/mol. The predicted octanol–water partition coefficient (Wildman–Crippen LogP) is 5.32. The number of aromatic nitrogens is 3. The van der Waals surface area contributed by atoms with E-state index in [1.807, 2.05) is 36.4 Å². The van der Waals surface area contributed by atoms with Crippen molar-refractivity contribution in [3.8, 4) is 5.75 Å². The number of nitrogens with two attached hydrogens (primary N) is 1. The van der Waals surface area contributed by atoms with E-state index in [-0.39, 0.29) is 18.0 Å². The van der Waals surface area contributed by atoms with Crippen LogP contribution in [0.1, 0.15) is 37.7 Å². The van der Waals surface area contributed by atoms with Crippen LogP contribution in [0.15, 0.2) is 53.7 Å². The highest BCUT2D eigenvalue weighted by Gasteiger charge is 2.13. The normalized spacial score (nSPS) is 11.4. The summed E-state index contributed by atoms with van der Waals surface area (Å²) in [4.78, 5) is 12.9. The molecule has 2 N–H and O–H groups in total. The number of nitrogen functional groups attached to an aromatic ring is 1. The molecule has 3 rings (SSSR count). The summed E-state index contributed by atoms with van der Waals surface area (Å²) in [5.41, 5.74) is 8.43. The highest BCUT2D eigenvalue weighted by molar-refractivity contribution is 7.99. The zero-order valence-corrected chi connectivity index (χ0v) is 18.4. The molecule has 0 aliphatic carbocycles. The van der Waals surface area contributed by atoms with Crippen molar-refractivity contribution < 1.29 is 4.74 Å². The maximum absolute atomic E-state index is 5.92. The van der Waals surface area contributed by atoms with Gasteiger partial charge in [-0.15, -0.1) is 0 Å². The summed E-state index contributed by atoms with van der Waals surface area (Å²) in [6.07, 6.45) is 0.888. The van der Waals surface area contributed by atoms with Crippen molar-refractivity contribution in [3.05, 3.63) is 70.5 Å². The van der Waals surface area contributed by atoms with Crippen LogP contribution in [0, 0.1) is 0 Å². The molecule has 0 amide bonds. The summed E-state index contributed by atoms with van der Waals surface area (Å²) in [5.74, 6) is 2.33. The maximum Gasteiger partial charge on any atom is 0.224 e. The van der Waals surface area contributed by atoms with Crippen molar-refractivity contribution in [2.75, 3.05) is 11.5 Å². The second kappa shape index (κ2) is 9.46. The fourth-order valence-electron chi connectivity index (χ4n) is 2.66. The molecule has 5 nitrogen and oxygen atoms in total. The quantitative estimate of drug-likeness (QED) is 0.513. The van der Waals surface area contributed by atoms with Crippen molar-refractivity contribution in [2.45, 2.75) is 44.4 Å². The van der Waals surface area contributed by atoms with Gasteiger partial charge in [0, 0.05) is 10.8 Å². The average molecular weight is 429 g/mol. The SMILES string of the molecule is CC(C)(C)c1ccc(OCc2nc(N)nc(SCCc3ccc(Cl)cc3)n2)cc1. The fraction of sp³-hybridized carbons (Fsp3) is 0.318. The third-order valence-corrected chi connectivity index (χ3v) is 5.40. The number of rotatable bonds is 7. The van der Waals surface area contributed by atoms with E-state index >= 15 is 0 Å². The third kappa shape index (κ3) is 6.61. The van der Waals surface area contributed by atoms with Crippen molar-refractivity contribution in [1.29, 1.82) is 0 Å². The van der Waals surface area contributed by atoms with Crippen LogP contribution in [-0.4, -0.2) is 20.7 Å². The molecule has 29 heavy (non-hydrogen) atoms. The topological polar surface area (TPSA) is 73.9 Å². The lowest BCUT2D eigenvalue weighted by Crippen LogP contribution is -2.11. The number of benzene rings is 2. The summed E-state index contributed by atoms with van der Waals surface area (Å²) < 4.78 is 5.82. The van der Waals surface area contributed by atoms with E-state index in [9.17, 15) is 0 Å². The zero-order valence-electron chi connectivity index (χ0n) is 16.9. The van der Waals surface area contributed by atoms with Crippen LogP contribution in [0.5, 0.6) is 5.75 Å². The Hall–Kier alpha value is -2.31. The molecule has 0 atom stereocenters. The monoisotopic (exact) mass is 428 g/mol. The van der Waals surface area contributed by atoms with Gasteiger partial charge in [0.05, 0.1) is 0 Å². The number of aryl methyl sites for hydroxylation is 1. The maximum atomic E-state index is 5.92. The molecule has 7 heteroatoms. The molecular formula is C22H25ClN4OS. The Balaban J connectivity index is 1.56. The van der Waals surface area contributed by atoms with Gasteiger partial charge in [-0.2, -0.15) is 9.97 Å². The highest BCUT2D eigenvalue weighted by atomic mass is 35.5. The van der Waals surface area contributed by atoms with E-state index in [4.69, 9.17) is 22.1 Å². The molecule has 0 fully saturated rings. The van der Waals surface area contributed by atoms with Gasteiger partial charge in [0.2, 0.25) is 5.95 Å². The van der Waals surface area contributed by atoms with Crippen molar-refractivity contribution >= 4 is 29.3 Å². The molecule has 0 unspecified atom stereocenters. The summed E-state index contributed by atoms with van der Waals surface area (Å²) in [7, 11) is 0. The molecule has 1 aromatic heterocycles. The van der Waals surface area contributed by atoms with Gasteiger partial charge in [0.25, 0.3) is 0 Å². The lowest BCUT2D eigenvalue weighted by atomic mass is 9.87. The van der Waals surface area contributed by atoms with E-state index in [1.165, 1.54) is 11.1 Å².